The molecule has 0 fully saturated rings. The number of carboxylic acids is 1. The molecule has 0 saturated heterocycles. The van der Waals surface area contributed by atoms with Gasteiger partial charge in [0.05, 0.1) is 21.4 Å². The monoisotopic (exact) mass is 335 g/mol. The van der Waals surface area contributed by atoms with Crippen molar-refractivity contribution in [1.82, 2.24) is 14.8 Å². The minimum Gasteiger partial charge on any atom is -0.478 e. The number of hydrogen-bond acceptors (Lipinski definition) is 4. The topological polar surface area (TPSA) is 81.2 Å². The van der Waals surface area contributed by atoms with Gasteiger partial charge in [0.2, 0.25) is 0 Å². The molecule has 0 radical (unpaired) electrons. The molecule has 7 heteroatoms. The third kappa shape index (κ3) is 1.90. The number of rotatable bonds is 2. The van der Waals surface area contributed by atoms with E-state index in [0.717, 1.165) is 15.9 Å². The van der Waals surface area contributed by atoms with Crippen molar-refractivity contribution in [2.24, 2.45) is 0 Å². The van der Waals surface area contributed by atoms with Crippen LogP contribution in [-0.4, -0.2) is 25.8 Å². The lowest BCUT2D eigenvalue weighted by atomic mass is 10.2. The van der Waals surface area contributed by atoms with Crippen molar-refractivity contribution < 1.29 is 14.3 Å². The number of oxazole rings is 1. The number of carbonyl (C=O) groups is 1. The SMILES string of the molecule is Cc1nn(-c2nc3ccc(C(=O)O)cc3o2)c(C)c1Br. The van der Waals surface area contributed by atoms with E-state index in [0.29, 0.717) is 17.1 Å². The van der Waals surface area contributed by atoms with Crippen molar-refractivity contribution in [2.45, 2.75) is 13.8 Å². The zero-order valence-electron chi connectivity index (χ0n) is 10.7. The zero-order chi connectivity index (χ0) is 14.4. The lowest BCUT2D eigenvalue weighted by molar-refractivity contribution is 0.0697. The maximum Gasteiger partial charge on any atom is 0.335 e. The first kappa shape index (κ1) is 12.9. The highest BCUT2D eigenvalue weighted by Gasteiger charge is 2.16. The number of fused-ring (bicyclic) bond motifs is 1. The van der Waals surface area contributed by atoms with Crippen molar-refractivity contribution in [1.29, 1.82) is 0 Å². The Kier molecular flexibility index (Phi) is 2.86. The van der Waals surface area contributed by atoms with Gasteiger partial charge in [-0.2, -0.15) is 14.8 Å². The van der Waals surface area contributed by atoms with Gasteiger partial charge in [-0.3, -0.25) is 0 Å². The molecule has 1 aromatic carbocycles. The smallest absolute Gasteiger partial charge is 0.335 e. The maximum atomic E-state index is 10.9. The van der Waals surface area contributed by atoms with Crippen LogP contribution in [-0.2, 0) is 0 Å². The van der Waals surface area contributed by atoms with Crippen molar-refractivity contribution in [3.63, 3.8) is 0 Å². The van der Waals surface area contributed by atoms with E-state index in [1.54, 1.807) is 10.7 Å². The van der Waals surface area contributed by atoms with Crippen LogP contribution in [0.2, 0.25) is 0 Å². The van der Waals surface area contributed by atoms with E-state index in [1.807, 2.05) is 13.8 Å². The van der Waals surface area contributed by atoms with E-state index in [-0.39, 0.29) is 5.56 Å². The van der Waals surface area contributed by atoms with Crippen molar-refractivity contribution in [3.05, 3.63) is 39.6 Å². The van der Waals surface area contributed by atoms with Gasteiger partial charge >= 0.3 is 12.0 Å². The number of nitrogens with zero attached hydrogens (tertiary/aromatic N) is 3. The molecule has 0 aliphatic heterocycles. The molecule has 0 atom stereocenters. The van der Waals surface area contributed by atoms with Crippen LogP contribution in [0, 0.1) is 13.8 Å². The predicted molar refractivity (Wildman–Crippen MR) is 75.3 cm³/mol. The van der Waals surface area contributed by atoms with Crippen LogP contribution in [0.1, 0.15) is 21.7 Å². The van der Waals surface area contributed by atoms with Gasteiger partial charge in [-0.25, -0.2) is 4.79 Å². The second-order valence-electron chi connectivity index (χ2n) is 4.38. The summed E-state index contributed by atoms with van der Waals surface area (Å²) in [5.74, 6) is -1.00. The number of aromatic carboxylic acids is 1. The summed E-state index contributed by atoms with van der Waals surface area (Å²) in [5, 5.41) is 13.3. The fraction of sp³-hybridized carbons (Fsp3) is 0.154. The summed E-state index contributed by atoms with van der Waals surface area (Å²) in [4.78, 5) is 15.3. The summed E-state index contributed by atoms with van der Waals surface area (Å²) in [6.45, 7) is 3.76. The van der Waals surface area contributed by atoms with Gasteiger partial charge < -0.3 is 9.52 Å². The molecule has 6 nitrogen and oxygen atoms in total. The van der Waals surface area contributed by atoms with Crippen LogP contribution in [0.4, 0.5) is 0 Å². The van der Waals surface area contributed by atoms with Crippen molar-refractivity contribution >= 4 is 33.0 Å². The quantitative estimate of drug-likeness (QED) is 0.778. The molecule has 102 valence electrons. The minimum atomic E-state index is -1.00. The average Bonchev–Trinajstić information content (AvgIpc) is 2.94. The van der Waals surface area contributed by atoms with Crippen LogP contribution >= 0.6 is 15.9 Å². The Morgan fingerprint density at radius 1 is 1.40 bits per heavy atom. The van der Waals surface area contributed by atoms with Crippen LogP contribution < -0.4 is 0 Å². The van der Waals surface area contributed by atoms with Gasteiger partial charge in [0.1, 0.15) is 5.52 Å². The molecule has 2 aromatic heterocycles. The van der Waals surface area contributed by atoms with Crippen LogP contribution in [0.15, 0.2) is 27.1 Å². The van der Waals surface area contributed by atoms with Gasteiger partial charge in [-0.15, -0.1) is 0 Å². The molecule has 0 spiro atoms. The standard InChI is InChI=1S/C13H10BrN3O3/c1-6-11(14)7(2)17(16-6)13-15-9-4-3-8(12(18)19)5-10(9)20-13/h3-5H,1-2H3,(H,18,19). The highest BCUT2D eigenvalue weighted by Crippen LogP contribution is 2.25. The second-order valence-corrected chi connectivity index (χ2v) is 5.17. The summed E-state index contributed by atoms with van der Waals surface area (Å²) < 4.78 is 8.08. The lowest BCUT2D eigenvalue weighted by Gasteiger charge is -1.96. The van der Waals surface area contributed by atoms with E-state index in [2.05, 4.69) is 26.0 Å². The third-order valence-corrected chi connectivity index (χ3v) is 4.16. The summed E-state index contributed by atoms with van der Waals surface area (Å²) in [6, 6.07) is 4.88. The number of aryl methyl sites for hydroxylation is 1. The van der Waals surface area contributed by atoms with Crippen LogP contribution in [0.3, 0.4) is 0 Å². The van der Waals surface area contributed by atoms with E-state index in [4.69, 9.17) is 9.52 Å². The first-order valence-electron chi connectivity index (χ1n) is 5.83. The minimum absolute atomic E-state index is 0.162. The summed E-state index contributed by atoms with van der Waals surface area (Å²) in [7, 11) is 0. The molecule has 3 rings (SSSR count). The molecule has 3 aromatic rings. The van der Waals surface area contributed by atoms with Crippen molar-refractivity contribution in [2.75, 3.05) is 0 Å². The van der Waals surface area contributed by atoms with Gasteiger partial charge in [0.25, 0.3) is 0 Å². The van der Waals surface area contributed by atoms with E-state index < -0.39 is 5.97 Å². The Balaban J connectivity index is 2.17. The number of hydrogen-bond donors (Lipinski definition) is 1. The average molecular weight is 336 g/mol. The number of halogens is 1. The summed E-state index contributed by atoms with van der Waals surface area (Å²) in [6.07, 6.45) is 0. The molecule has 2 heterocycles. The van der Waals surface area contributed by atoms with Crippen molar-refractivity contribution in [3.8, 4) is 6.01 Å². The lowest BCUT2D eigenvalue weighted by Crippen LogP contribution is -1.98. The highest BCUT2D eigenvalue weighted by atomic mass is 79.9. The molecule has 1 N–H and O–H groups in total. The van der Waals surface area contributed by atoms with Gasteiger partial charge in [-0.05, 0) is 48.0 Å². The van der Waals surface area contributed by atoms with E-state index in [9.17, 15) is 4.79 Å². The zero-order valence-corrected chi connectivity index (χ0v) is 12.3. The second kappa shape index (κ2) is 4.45. The largest absolute Gasteiger partial charge is 0.478 e. The predicted octanol–water partition coefficient (Wildman–Crippen LogP) is 3.09. The molecule has 0 aliphatic carbocycles. The number of carboxylic acid groups (broad SMARTS) is 1. The normalized spacial score (nSPS) is 11.2. The highest BCUT2D eigenvalue weighted by molar-refractivity contribution is 9.10. The maximum absolute atomic E-state index is 10.9. The molecule has 0 bridgehead atoms. The molecule has 0 saturated carbocycles. The van der Waals surface area contributed by atoms with E-state index in [1.165, 1.54) is 12.1 Å². The Morgan fingerprint density at radius 2 is 2.15 bits per heavy atom. The summed E-state index contributed by atoms with van der Waals surface area (Å²) >= 11 is 3.44. The molecule has 0 unspecified atom stereocenters. The van der Waals surface area contributed by atoms with Gasteiger partial charge in [0, 0.05) is 0 Å². The number of aromatic nitrogens is 3. The Labute approximate surface area is 122 Å². The van der Waals surface area contributed by atoms with Gasteiger partial charge in [0.15, 0.2) is 5.58 Å². The van der Waals surface area contributed by atoms with Gasteiger partial charge in [-0.1, -0.05) is 0 Å². The van der Waals surface area contributed by atoms with Crippen LogP contribution in [0.25, 0.3) is 17.1 Å². The van der Waals surface area contributed by atoms with E-state index >= 15 is 0 Å². The number of benzene rings is 1. The van der Waals surface area contributed by atoms with Crippen LogP contribution in [0.5, 0.6) is 0 Å². The molecule has 20 heavy (non-hydrogen) atoms. The summed E-state index contributed by atoms with van der Waals surface area (Å²) in [5.41, 5.74) is 2.87. The fourth-order valence-corrected chi connectivity index (χ4v) is 2.19. The fourth-order valence-electron chi connectivity index (χ4n) is 1.95. The Bertz CT molecular complexity index is 835. The molecule has 0 aliphatic rings. The Morgan fingerprint density at radius 3 is 2.75 bits per heavy atom. The molecular weight excluding hydrogens is 326 g/mol. The molecular formula is C13H10BrN3O3. The first-order valence-corrected chi connectivity index (χ1v) is 6.62. The third-order valence-electron chi connectivity index (χ3n) is 3.01. The Hall–Kier alpha value is -2.15. The first-order chi connectivity index (χ1) is 9.47. The molecule has 0 amide bonds.